The number of ether oxygens (including phenoxy) is 1. The Hall–Kier alpha value is -1.74. The highest BCUT2D eigenvalue weighted by atomic mass is 16.5. The summed E-state index contributed by atoms with van der Waals surface area (Å²) < 4.78 is 10.9. The summed E-state index contributed by atoms with van der Waals surface area (Å²) in [7, 11) is 0. The van der Waals surface area contributed by atoms with Crippen LogP contribution in [-0.4, -0.2) is 11.7 Å². The first kappa shape index (κ1) is 12.7. The van der Waals surface area contributed by atoms with E-state index in [0.29, 0.717) is 12.4 Å². The molecule has 1 aromatic carbocycles. The lowest BCUT2D eigenvalue weighted by Gasteiger charge is -2.09. The number of benzene rings is 1. The fraction of sp³-hybridized carbons (Fsp3) is 0.333. The standard InChI is InChI=1S/C15H18O3/c1-3-10-17-13-7-5-12(6-8-13)15(16)14-9-4-11(2)18-14/h4-9,15-16H,3,10H2,1-2H3. The van der Waals surface area contributed by atoms with Crippen LogP contribution in [0.15, 0.2) is 40.8 Å². The van der Waals surface area contributed by atoms with Crippen molar-refractivity contribution in [1.29, 1.82) is 0 Å². The SMILES string of the molecule is CCCOc1ccc(C(O)c2ccc(C)o2)cc1. The Balaban J connectivity index is 2.09. The van der Waals surface area contributed by atoms with Gasteiger partial charge in [0.05, 0.1) is 6.61 Å². The lowest BCUT2D eigenvalue weighted by Crippen LogP contribution is -1.99. The van der Waals surface area contributed by atoms with E-state index < -0.39 is 6.10 Å². The van der Waals surface area contributed by atoms with Gasteiger partial charge in [0.1, 0.15) is 23.4 Å². The fourth-order valence-electron chi connectivity index (χ4n) is 1.73. The first-order chi connectivity index (χ1) is 8.70. The Morgan fingerprint density at radius 1 is 1.17 bits per heavy atom. The molecule has 1 unspecified atom stereocenters. The number of aliphatic hydroxyl groups is 1. The number of rotatable bonds is 5. The maximum atomic E-state index is 10.1. The molecule has 18 heavy (non-hydrogen) atoms. The zero-order valence-electron chi connectivity index (χ0n) is 10.7. The quantitative estimate of drug-likeness (QED) is 0.878. The molecule has 0 amide bonds. The molecule has 96 valence electrons. The molecule has 3 heteroatoms. The van der Waals surface area contributed by atoms with Crippen molar-refractivity contribution >= 4 is 0 Å². The Morgan fingerprint density at radius 3 is 2.44 bits per heavy atom. The van der Waals surface area contributed by atoms with Gasteiger partial charge in [0, 0.05) is 0 Å². The Morgan fingerprint density at radius 2 is 1.89 bits per heavy atom. The summed E-state index contributed by atoms with van der Waals surface area (Å²) in [5.41, 5.74) is 0.799. The molecule has 3 nitrogen and oxygen atoms in total. The lowest BCUT2D eigenvalue weighted by atomic mass is 10.1. The predicted octanol–water partition coefficient (Wildman–Crippen LogP) is 3.46. The van der Waals surface area contributed by atoms with Crippen LogP contribution in [0.5, 0.6) is 5.75 Å². The zero-order chi connectivity index (χ0) is 13.0. The minimum absolute atomic E-state index is 0.565. The molecule has 0 radical (unpaired) electrons. The summed E-state index contributed by atoms with van der Waals surface area (Å²) in [5.74, 6) is 2.19. The van der Waals surface area contributed by atoms with Crippen LogP contribution in [-0.2, 0) is 0 Å². The van der Waals surface area contributed by atoms with Crippen LogP contribution < -0.4 is 4.74 Å². The Kier molecular flexibility index (Phi) is 4.05. The van der Waals surface area contributed by atoms with E-state index in [-0.39, 0.29) is 0 Å². The van der Waals surface area contributed by atoms with Gasteiger partial charge in [0.2, 0.25) is 0 Å². The van der Waals surface area contributed by atoms with Crippen molar-refractivity contribution in [2.24, 2.45) is 0 Å². The summed E-state index contributed by atoms with van der Waals surface area (Å²) in [5, 5.41) is 10.1. The van der Waals surface area contributed by atoms with Crippen molar-refractivity contribution in [3.8, 4) is 5.75 Å². The molecule has 0 aliphatic carbocycles. The van der Waals surface area contributed by atoms with E-state index in [0.717, 1.165) is 23.5 Å². The second-order valence-electron chi connectivity index (χ2n) is 4.27. The predicted molar refractivity (Wildman–Crippen MR) is 69.7 cm³/mol. The highest BCUT2D eigenvalue weighted by Crippen LogP contribution is 2.25. The van der Waals surface area contributed by atoms with E-state index in [1.54, 1.807) is 6.07 Å². The number of aliphatic hydroxyl groups excluding tert-OH is 1. The van der Waals surface area contributed by atoms with Gasteiger partial charge < -0.3 is 14.3 Å². The first-order valence-electron chi connectivity index (χ1n) is 6.18. The smallest absolute Gasteiger partial charge is 0.137 e. The minimum Gasteiger partial charge on any atom is -0.494 e. The van der Waals surface area contributed by atoms with Crippen LogP contribution in [0, 0.1) is 6.92 Å². The number of furan rings is 1. The van der Waals surface area contributed by atoms with Crippen LogP contribution in [0.2, 0.25) is 0 Å². The van der Waals surface area contributed by atoms with Crippen molar-refractivity contribution in [3.63, 3.8) is 0 Å². The Labute approximate surface area is 107 Å². The topological polar surface area (TPSA) is 42.6 Å². The summed E-state index contributed by atoms with van der Waals surface area (Å²) >= 11 is 0. The maximum Gasteiger partial charge on any atom is 0.137 e. The highest BCUT2D eigenvalue weighted by Gasteiger charge is 2.13. The molecule has 2 rings (SSSR count). The number of aryl methyl sites for hydroxylation is 1. The van der Waals surface area contributed by atoms with Crippen LogP contribution in [0.1, 0.15) is 36.5 Å². The molecular weight excluding hydrogens is 228 g/mol. The summed E-state index contributed by atoms with van der Waals surface area (Å²) in [6.07, 6.45) is 0.259. The average molecular weight is 246 g/mol. The Bertz CT molecular complexity index is 485. The molecular formula is C15H18O3. The summed E-state index contributed by atoms with van der Waals surface area (Å²) in [4.78, 5) is 0. The van der Waals surface area contributed by atoms with Gasteiger partial charge in [-0.3, -0.25) is 0 Å². The largest absolute Gasteiger partial charge is 0.494 e. The molecule has 1 aromatic heterocycles. The number of hydrogen-bond acceptors (Lipinski definition) is 3. The average Bonchev–Trinajstić information content (AvgIpc) is 2.83. The summed E-state index contributed by atoms with van der Waals surface area (Å²) in [6.45, 7) is 4.63. The molecule has 0 fully saturated rings. The van der Waals surface area contributed by atoms with Crippen LogP contribution >= 0.6 is 0 Å². The molecule has 0 aliphatic heterocycles. The molecule has 2 aromatic rings. The van der Waals surface area contributed by atoms with Crippen molar-refractivity contribution in [1.82, 2.24) is 0 Å². The molecule has 0 aliphatic rings. The van der Waals surface area contributed by atoms with Gasteiger partial charge in [-0.15, -0.1) is 0 Å². The van der Waals surface area contributed by atoms with E-state index in [4.69, 9.17) is 9.15 Å². The molecule has 1 atom stereocenters. The molecule has 0 saturated heterocycles. The van der Waals surface area contributed by atoms with Gasteiger partial charge in [-0.1, -0.05) is 19.1 Å². The third kappa shape index (κ3) is 2.93. The summed E-state index contributed by atoms with van der Waals surface area (Å²) in [6, 6.07) is 11.1. The van der Waals surface area contributed by atoms with E-state index in [9.17, 15) is 5.11 Å². The normalized spacial score (nSPS) is 12.4. The monoisotopic (exact) mass is 246 g/mol. The molecule has 0 saturated carbocycles. The van der Waals surface area contributed by atoms with Crippen LogP contribution in [0.3, 0.4) is 0 Å². The van der Waals surface area contributed by atoms with Crippen molar-refractivity contribution < 1.29 is 14.3 Å². The van der Waals surface area contributed by atoms with Crippen molar-refractivity contribution in [2.75, 3.05) is 6.61 Å². The third-order valence-corrected chi connectivity index (χ3v) is 2.70. The van der Waals surface area contributed by atoms with E-state index >= 15 is 0 Å². The van der Waals surface area contributed by atoms with Crippen molar-refractivity contribution in [3.05, 3.63) is 53.5 Å². The minimum atomic E-state index is -0.723. The molecule has 0 bridgehead atoms. The second kappa shape index (κ2) is 5.74. The lowest BCUT2D eigenvalue weighted by molar-refractivity contribution is 0.187. The third-order valence-electron chi connectivity index (χ3n) is 2.70. The van der Waals surface area contributed by atoms with Crippen molar-refractivity contribution in [2.45, 2.75) is 26.4 Å². The first-order valence-corrected chi connectivity index (χ1v) is 6.18. The maximum absolute atomic E-state index is 10.1. The van der Waals surface area contributed by atoms with Gasteiger partial charge in [0.15, 0.2) is 0 Å². The highest BCUT2D eigenvalue weighted by molar-refractivity contribution is 5.31. The number of hydrogen-bond donors (Lipinski definition) is 1. The van der Waals surface area contributed by atoms with Gasteiger partial charge >= 0.3 is 0 Å². The fourth-order valence-corrected chi connectivity index (χ4v) is 1.73. The van der Waals surface area contributed by atoms with Crippen LogP contribution in [0.25, 0.3) is 0 Å². The van der Waals surface area contributed by atoms with Gasteiger partial charge in [-0.05, 0) is 43.2 Å². The molecule has 1 N–H and O–H groups in total. The van der Waals surface area contributed by atoms with Gasteiger partial charge in [0.25, 0.3) is 0 Å². The van der Waals surface area contributed by atoms with E-state index in [1.165, 1.54) is 0 Å². The van der Waals surface area contributed by atoms with Crippen LogP contribution in [0.4, 0.5) is 0 Å². The van der Waals surface area contributed by atoms with E-state index in [2.05, 4.69) is 6.92 Å². The molecule has 0 spiro atoms. The second-order valence-corrected chi connectivity index (χ2v) is 4.27. The van der Waals surface area contributed by atoms with Gasteiger partial charge in [-0.2, -0.15) is 0 Å². The molecule has 1 heterocycles. The van der Waals surface area contributed by atoms with E-state index in [1.807, 2.05) is 37.3 Å². The zero-order valence-corrected chi connectivity index (χ0v) is 10.7. The van der Waals surface area contributed by atoms with Gasteiger partial charge in [-0.25, -0.2) is 0 Å².